The first-order chi connectivity index (χ1) is 7.65. The normalized spacial score (nSPS) is 10.1. The Labute approximate surface area is 101 Å². The average Bonchev–Trinajstić information content (AvgIpc) is 2.20. The van der Waals surface area contributed by atoms with Gasteiger partial charge in [-0.05, 0) is 28.9 Å². The molecule has 4 nitrogen and oxygen atoms in total. The zero-order valence-corrected chi connectivity index (χ0v) is 10.2. The Morgan fingerprint density at radius 2 is 2.25 bits per heavy atom. The van der Waals surface area contributed by atoms with Crippen molar-refractivity contribution in [2.75, 3.05) is 0 Å². The molecule has 0 atom stereocenters. The van der Waals surface area contributed by atoms with E-state index >= 15 is 0 Å². The molecule has 0 saturated carbocycles. The van der Waals surface area contributed by atoms with Gasteiger partial charge in [0.2, 0.25) is 12.1 Å². The Hall–Kier alpha value is -1.62. The Bertz CT molecular complexity index is 497. The van der Waals surface area contributed by atoms with Crippen LogP contribution < -0.4 is 9.47 Å². The zero-order valence-electron chi connectivity index (χ0n) is 8.59. The first-order valence-electron chi connectivity index (χ1n) is 4.66. The molecule has 2 heterocycles. The molecule has 2 aromatic heterocycles. The summed E-state index contributed by atoms with van der Waals surface area (Å²) in [5.41, 5.74) is 0.937. The van der Waals surface area contributed by atoms with E-state index in [0.29, 0.717) is 11.6 Å². The number of rotatable bonds is 2. The quantitative estimate of drug-likeness (QED) is 0.680. The van der Waals surface area contributed by atoms with Crippen molar-refractivity contribution >= 4 is 15.9 Å². The standard InChI is InChI=1S/C11H10BrN2O2/c1-8-3-2-4-13-11(8)16-10-5-9(12)6-14(15)7-10/h2-7,15H,1H3/q+1. The third-order valence-electron chi connectivity index (χ3n) is 1.97. The van der Waals surface area contributed by atoms with E-state index in [4.69, 9.17) is 4.74 Å². The molecule has 0 spiro atoms. The molecule has 0 unspecified atom stereocenters. The molecule has 5 heteroatoms. The smallest absolute Gasteiger partial charge is 0.264 e. The number of nitrogens with zero attached hydrogens (tertiary/aromatic N) is 2. The predicted molar refractivity (Wildman–Crippen MR) is 60.6 cm³/mol. The molecule has 16 heavy (non-hydrogen) atoms. The number of halogens is 1. The van der Waals surface area contributed by atoms with Gasteiger partial charge in [-0.1, -0.05) is 6.07 Å². The lowest BCUT2D eigenvalue weighted by Gasteiger charge is -2.04. The van der Waals surface area contributed by atoms with Gasteiger partial charge in [-0.3, -0.25) is 5.21 Å². The van der Waals surface area contributed by atoms with E-state index in [1.807, 2.05) is 19.1 Å². The van der Waals surface area contributed by atoms with Crippen LogP contribution >= 0.6 is 15.9 Å². The van der Waals surface area contributed by atoms with Crippen LogP contribution in [0.1, 0.15) is 5.56 Å². The highest BCUT2D eigenvalue weighted by Gasteiger charge is 2.08. The molecular formula is C11H10BrN2O2+. The van der Waals surface area contributed by atoms with Crippen molar-refractivity contribution in [3.05, 3.63) is 46.8 Å². The van der Waals surface area contributed by atoms with Crippen LogP contribution in [0.2, 0.25) is 0 Å². The van der Waals surface area contributed by atoms with E-state index in [1.54, 1.807) is 12.3 Å². The van der Waals surface area contributed by atoms with E-state index in [-0.39, 0.29) is 0 Å². The molecule has 1 N–H and O–H groups in total. The van der Waals surface area contributed by atoms with Gasteiger partial charge in [-0.25, -0.2) is 4.98 Å². The molecule has 0 aliphatic carbocycles. The van der Waals surface area contributed by atoms with E-state index < -0.39 is 0 Å². The first kappa shape index (κ1) is 10.9. The average molecular weight is 282 g/mol. The van der Waals surface area contributed by atoms with Gasteiger partial charge in [0.25, 0.3) is 6.20 Å². The fraction of sp³-hybridized carbons (Fsp3) is 0.0909. The van der Waals surface area contributed by atoms with Crippen LogP contribution in [0.15, 0.2) is 41.3 Å². The van der Waals surface area contributed by atoms with Gasteiger partial charge in [0.05, 0.1) is 4.47 Å². The second-order valence-corrected chi connectivity index (χ2v) is 4.21. The Morgan fingerprint density at radius 3 is 2.94 bits per heavy atom. The Balaban J connectivity index is 2.30. The van der Waals surface area contributed by atoms with Gasteiger partial charge >= 0.3 is 0 Å². The molecule has 82 valence electrons. The van der Waals surface area contributed by atoms with Crippen LogP contribution in [0.4, 0.5) is 0 Å². The fourth-order valence-corrected chi connectivity index (χ4v) is 1.69. The van der Waals surface area contributed by atoms with Crippen LogP contribution in [-0.4, -0.2) is 10.2 Å². The summed E-state index contributed by atoms with van der Waals surface area (Å²) in [6.07, 6.45) is 4.63. The number of pyridine rings is 2. The van der Waals surface area contributed by atoms with Crippen LogP contribution in [0.25, 0.3) is 0 Å². The maximum absolute atomic E-state index is 9.33. The van der Waals surface area contributed by atoms with Crippen LogP contribution in [0, 0.1) is 6.92 Å². The lowest BCUT2D eigenvalue weighted by atomic mass is 10.3. The summed E-state index contributed by atoms with van der Waals surface area (Å²) in [7, 11) is 0. The topological polar surface area (TPSA) is 46.2 Å². The second-order valence-electron chi connectivity index (χ2n) is 3.30. The van der Waals surface area contributed by atoms with Gasteiger partial charge in [-0.15, -0.1) is 0 Å². The molecule has 0 aliphatic heterocycles. The Morgan fingerprint density at radius 1 is 1.44 bits per heavy atom. The van der Waals surface area contributed by atoms with Gasteiger partial charge in [0, 0.05) is 22.6 Å². The molecule has 2 aromatic rings. The molecule has 0 aliphatic rings. The maximum atomic E-state index is 9.33. The van der Waals surface area contributed by atoms with E-state index in [0.717, 1.165) is 14.8 Å². The Kier molecular flexibility index (Phi) is 3.05. The highest BCUT2D eigenvalue weighted by atomic mass is 79.9. The van der Waals surface area contributed by atoms with Gasteiger partial charge in [0.1, 0.15) is 0 Å². The van der Waals surface area contributed by atoms with E-state index in [9.17, 15) is 5.21 Å². The summed E-state index contributed by atoms with van der Waals surface area (Å²) in [5, 5.41) is 9.33. The predicted octanol–water partition coefficient (Wildman–Crippen LogP) is 2.47. The largest absolute Gasteiger partial charge is 0.432 e. The van der Waals surface area contributed by atoms with Crippen molar-refractivity contribution in [1.82, 2.24) is 4.98 Å². The van der Waals surface area contributed by atoms with Crippen LogP contribution in [0.5, 0.6) is 11.6 Å². The maximum Gasteiger partial charge on any atom is 0.264 e. The zero-order chi connectivity index (χ0) is 11.5. The van der Waals surface area contributed by atoms with Gasteiger partial charge < -0.3 is 4.74 Å². The van der Waals surface area contributed by atoms with Crippen LogP contribution in [-0.2, 0) is 0 Å². The second kappa shape index (κ2) is 4.49. The van der Waals surface area contributed by atoms with Crippen molar-refractivity contribution in [2.45, 2.75) is 6.92 Å². The monoisotopic (exact) mass is 281 g/mol. The number of aromatic nitrogens is 2. The number of aryl methyl sites for hydroxylation is 1. The summed E-state index contributed by atoms with van der Waals surface area (Å²) < 4.78 is 7.20. The summed E-state index contributed by atoms with van der Waals surface area (Å²) in [5.74, 6) is 1.04. The summed E-state index contributed by atoms with van der Waals surface area (Å²) in [6.45, 7) is 1.91. The van der Waals surface area contributed by atoms with Crippen molar-refractivity contribution in [2.24, 2.45) is 0 Å². The molecule has 0 radical (unpaired) electrons. The minimum atomic E-state index is 0.513. The first-order valence-corrected chi connectivity index (χ1v) is 5.45. The number of hydrogen-bond donors (Lipinski definition) is 1. The highest BCUT2D eigenvalue weighted by Crippen LogP contribution is 2.23. The highest BCUT2D eigenvalue weighted by molar-refractivity contribution is 9.10. The molecule has 0 amide bonds. The lowest BCUT2D eigenvalue weighted by molar-refractivity contribution is -0.905. The fourth-order valence-electron chi connectivity index (χ4n) is 1.25. The minimum absolute atomic E-state index is 0.513. The molecule has 2 rings (SSSR count). The molecule has 0 aromatic carbocycles. The van der Waals surface area contributed by atoms with Gasteiger partial charge in [0.15, 0.2) is 5.75 Å². The molecule has 0 bridgehead atoms. The third kappa shape index (κ3) is 2.49. The van der Waals surface area contributed by atoms with Crippen molar-refractivity contribution in [3.63, 3.8) is 0 Å². The van der Waals surface area contributed by atoms with Gasteiger partial charge in [-0.2, -0.15) is 0 Å². The van der Waals surface area contributed by atoms with Crippen molar-refractivity contribution in [1.29, 1.82) is 0 Å². The van der Waals surface area contributed by atoms with Crippen molar-refractivity contribution in [3.8, 4) is 11.6 Å². The number of ether oxygens (including phenoxy) is 1. The summed E-state index contributed by atoms with van der Waals surface area (Å²) >= 11 is 3.26. The van der Waals surface area contributed by atoms with Crippen LogP contribution in [0.3, 0.4) is 0 Å². The third-order valence-corrected chi connectivity index (χ3v) is 2.40. The molecular weight excluding hydrogens is 272 g/mol. The molecule has 0 fully saturated rings. The SMILES string of the molecule is Cc1cccnc1Oc1cc(Br)c[n+](O)c1. The van der Waals surface area contributed by atoms with E-state index in [2.05, 4.69) is 20.9 Å². The summed E-state index contributed by atoms with van der Waals surface area (Å²) in [6, 6.07) is 5.50. The molecule has 0 saturated heterocycles. The van der Waals surface area contributed by atoms with E-state index in [1.165, 1.54) is 12.4 Å². The minimum Gasteiger partial charge on any atom is -0.432 e. The number of hydrogen-bond acceptors (Lipinski definition) is 3. The van der Waals surface area contributed by atoms with Crippen molar-refractivity contribution < 1.29 is 14.7 Å². The lowest BCUT2D eigenvalue weighted by Crippen LogP contribution is -2.28. The summed E-state index contributed by atoms with van der Waals surface area (Å²) in [4.78, 5) is 4.10.